The fourth-order valence-corrected chi connectivity index (χ4v) is 4.38. The lowest BCUT2D eigenvalue weighted by atomic mass is 9.86. The second-order valence-electron chi connectivity index (χ2n) is 8.51. The Morgan fingerprint density at radius 1 is 1.16 bits per heavy atom. The fourth-order valence-electron chi connectivity index (χ4n) is 4.38. The van der Waals surface area contributed by atoms with Gasteiger partial charge in [0.15, 0.2) is 5.69 Å². The quantitative estimate of drug-likeness (QED) is 0.639. The number of rotatable bonds is 9. The van der Waals surface area contributed by atoms with E-state index in [2.05, 4.69) is 4.98 Å². The summed E-state index contributed by atoms with van der Waals surface area (Å²) in [5.41, 5.74) is 6.14. The van der Waals surface area contributed by atoms with Gasteiger partial charge in [0.1, 0.15) is 5.82 Å². The maximum Gasteiger partial charge on any atom is 0.330 e. The van der Waals surface area contributed by atoms with Crippen LogP contribution in [0.15, 0.2) is 39.9 Å². The number of nitrogens with two attached hydrogens (primary N) is 1. The summed E-state index contributed by atoms with van der Waals surface area (Å²) < 4.78 is 1.33. The summed E-state index contributed by atoms with van der Waals surface area (Å²) in [6.45, 7) is 2.68. The number of anilines is 2. The molecule has 0 unspecified atom stereocenters. The van der Waals surface area contributed by atoms with E-state index in [0.29, 0.717) is 18.9 Å². The first kappa shape index (κ1) is 22.8. The van der Waals surface area contributed by atoms with Gasteiger partial charge in [-0.3, -0.25) is 19.1 Å². The molecule has 1 saturated carbocycles. The number of hydrogen-bond donors (Lipinski definition) is 2. The Kier molecular flexibility index (Phi) is 8.09. The Hall–Kier alpha value is -2.83. The van der Waals surface area contributed by atoms with E-state index in [1.807, 2.05) is 37.3 Å². The number of nitrogens with one attached hydrogen (secondary N) is 1. The third kappa shape index (κ3) is 5.87. The predicted molar refractivity (Wildman–Crippen MR) is 124 cm³/mol. The van der Waals surface area contributed by atoms with Gasteiger partial charge < -0.3 is 10.6 Å². The van der Waals surface area contributed by atoms with Crippen LogP contribution in [0.4, 0.5) is 11.5 Å². The summed E-state index contributed by atoms with van der Waals surface area (Å²) in [5.74, 6) is 0.522. The molecule has 0 radical (unpaired) electrons. The third-order valence-corrected chi connectivity index (χ3v) is 6.20. The topological polar surface area (TPSA) is 101 Å². The van der Waals surface area contributed by atoms with Crippen LogP contribution in [0, 0.1) is 5.92 Å². The average Bonchev–Trinajstić information content (AvgIpc) is 2.78. The molecule has 0 atom stereocenters. The molecular formula is C24H34N4O3. The number of amides is 1. The lowest BCUT2D eigenvalue weighted by Crippen LogP contribution is -2.41. The molecule has 1 fully saturated rings. The van der Waals surface area contributed by atoms with Crippen LogP contribution in [0.25, 0.3) is 0 Å². The van der Waals surface area contributed by atoms with Crippen LogP contribution in [0.2, 0.25) is 0 Å². The minimum atomic E-state index is -0.603. The molecule has 7 heteroatoms. The standard InChI is InChI=1S/C24H34N4O3/c1-2-3-16-27(20(29)15-14-18-10-6-4-7-11-18)21-22(25)28(24(31)26-23(21)30)17-19-12-8-5-9-13-19/h5,8-9,12-13,18H,2-4,6-7,10-11,14-17,25H2,1H3,(H,26,30,31). The second kappa shape index (κ2) is 11.0. The van der Waals surface area contributed by atoms with E-state index in [1.165, 1.54) is 41.6 Å². The first-order valence-corrected chi connectivity index (χ1v) is 11.5. The zero-order valence-electron chi connectivity index (χ0n) is 18.4. The monoisotopic (exact) mass is 426 g/mol. The van der Waals surface area contributed by atoms with Gasteiger partial charge in [0.25, 0.3) is 5.56 Å². The number of aromatic amines is 1. The van der Waals surface area contributed by atoms with Crippen molar-refractivity contribution >= 4 is 17.4 Å². The van der Waals surface area contributed by atoms with Gasteiger partial charge in [-0.05, 0) is 24.3 Å². The van der Waals surface area contributed by atoms with Crippen molar-refractivity contribution in [2.45, 2.75) is 71.3 Å². The van der Waals surface area contributed by atoms with Crippen LogP contribution in [0.3, 0.4) is 0 Å². The molecular weight excluding hydrogens is 392 g/mol. The number of hydrogen-bond acceptors (Lipinski definition) is 4. The van der Waals surface area contributed by atoms with Crippen LogP contribution in [0.1, 0.15) is 70.3 Å². The Bertz CT molecular complexity index is 975. The SMILES string of the molecule is CCCCN(C(=O)CCC1CCCCC1)c1c(N)n(Cc2ccccc2)c(=O)[nH]c1=O. The molecule has 2 aromatic rings. The van der Waals surface area contributed by atoms with Gasteiger partial charge in [0, 0.05) is 13.0 Å². The smallest absolute Gasteiger partial charge is 0.330 e. The maximum absolute atomic E-state index is 13.2. The summed E-state index contributed by atoms with van der Waals surface area (Å²) in [7, 11) is 0. The van der Waals surface area contributed by atoms with Crippen molar-refractivity contribution in [3.05, 3.63) is 56.7 Å². The van der Waals surface area contributed by atoms with Crippen molar-refractivity contribution in [1.82, 2.24) is 9.55 Å². The van der Waals surface area contributed by atoms with Gasteiger partial charge in [-0.15, -0.1) is 0 Å². The lowest BCUT2D eigenvalue weighted by Gasteiger charge is -2.26. The normalized spacial score (nSPS) is 14.5. The number of nitrogens with zero attached hydrogens (tertiary/aromatic N) is 2. The molecule has 168 valence electrons. The molecule has 1 aromatic heterocycles. The van der Waals surface area contributed by atoms with Crippen LogP contribution >= 0.6 is 0 Å². The largest absolute Gasteiger partial charge is 0.383 e. The van der Waals surface area contributed by atoms with Gasteiger partial charge >= 0.3 is 5.69 Å². The highest BCUT2D eigenvalue weighted by molar-refractivity contribution is 5.95. The van der Waals surface area contributed by atoms with E-state index in [9.17, 15) is 14.4 Å². The molecule has 7 nitrogen and oxygen atoms in total. The second-order valence-corrected chi connectivity index (χ2v) is 8.51. The van der Waals surface area contributed by atoms with E-state index >= 15 is 0 Å². The van der Waals surface area contributed by atoms with E-state index in [-0.39, 0.29) is 24.0 Å². The fraction of sp³-hybridized carbons (Fsp3) is 0.542. The Balaban J connectivity index is 1.88. The van der Waals surface area contributed by atoms with Crippen LogP contribution in [-0.2, 0) is 11.3 Å². The van der Waals surface area contributed by atoms with Crippen LogP contribution < -0.4 is 21.9 Å². The molecule has 3 rings (SSSR count). The molecule has 3 N–H and O–H groups in total. The van der Waals surface area contributed by atoms with Crippen LogP contribution in [-0.4, -0.2) is 22.0 Å². The third-order valence-electron chi connectivity index (χ3n) is 6.20. The van der Waals surface area contributed by atoms with Gasteiger partial charge in [-0.2, -0.15) is 0 Å². The van der Waals surface area contributed by atoms with Gasteiger partial charge in [-0.25, -0.2) is 4.79 Å². The molecule has 0 spiro atoms. The predicted octanol–water partition coefficient (Wildman–Crippen LogP) is 3.66. The summed E-state index contributed by atoms with van der Waals surface area (Å²) in [4.78, 5) is 42.3. The minimum absolute atomic E-state index is 0.0414. The summed E-state index contributed by atoms with van der Waals surface area (Å²) in [6, 6.07) is 9.43. The van der Waals surface area contributed by atoms with Crippen LogP contribution in [0.5, 0.6) is 0 Å². The zero-order valence-corrected chi connectivity index (χ0v) is 18.4. The number of unbranched alkanes of at least 4 members (excludes halogenated alkanes) is 1. The highest BCUT2D eigenvalue weighted by Gasteiger charge is 2.25. The minimum Gasteiger partial charge on any atom is -0.383 e. The highest BCUT2D eigenvalue weighted by Crippen LogP contribution is 2.28. The van der Waals surface area contributed by atoms with E-state index in [1.54, 1.807) is 0 Å². The van der Waals surface area contributed by atoms with Gasteiger partial charge in [-0.1, -0.05) is 75.8 Å². The molecule has 1 aliphatic rings. The van der Waals surface area contributed by atoms with Crippen molar-refractivity contribution in [3.63, 3.8) is 0 Å². The molecule has 1 aromatic carbocycles. The first-order valence-electron chi connectivity index (χ1n) is 11.5. The molecule has 1 amide bonds. The van der Waals surface area contributed by atoms with Crippen molar-refractivity contribution in [3.8, 4) is 0 Å². The summed E-state index contributed by atoms with van der Waals surface area (Å²) >= 11 is 0. The van der Waals surface area contributed by atoms with Crippen molar-refractivity contribution < 1.29 is 4.79 Å². The molecule has 0 saturated heterocycles. The van der Waals surface area contributed by atoms with E-state index in [0.717, 1.165) is 24.8 Å². The van der Waals surface area contributed by atoms with Crippen molar-refractivity contribution in [2.75, 3.05) is 17.2 Å². The Morgan fingerprint density at radius 3 is 2.55 bits per heavy atom. The lowest BCUT2D eigenvalue weighted by molar-refractivity contribution is -0.119. The highest BCUT2D eigenvalue weighted by atomic mass is 16.2. The Morgan fingerprint density at radius 2 is 1.87 bits per heavy atom. The van der Waals surface area contributed by atoms with E-state index < -0.39 is 11.2 Å². The van der Waals surface area contributed by atoms with Gasteiger partial charge in [0.2, 0.25) is 5.91 Å². The number of benzene rings is 1. The first-order chi connectivity index (χ1) is 15.0. The molecule has 1 heterocycles. The summed E-state index contributed by atoms with van der Waals surface area (Å²) in [5, 5.41) is 0. The summed E-state index contributed by atoms with van der Waals surface area (Å²) in [6.07, 6.45) is 8.96. The van der Waals surface area contributed by atoms with Crippen molar-refractivity contribution in [2.24, 2.45) is 5.92 Å². The number of nitrogen functional groups attached to an aromatic ring is 1. The zero-order chi connectivity index (χ0) is 22.2. The molecule has 1 aliphatic carbocycles. The number of aromatic nitrogens is 2. The Labute approximate surface area is 183 Å². The van der Waals surface area contributed by atoms with Crippen molar-refractivity contribution in [1.29, 1.82) is 0 Å². The number of carbonyl (C=O) groups excluding carboxylic acids is 1. The van der Waals surface area contributed by atoms with Gasteiger partial charge in [0.05, 0.1) is 6.54 Å². The maximum atomic E-state index is 13.2. The number of H-pyrrole nitrogens is 1. The molecule has 0 aliphatic heterocycles. The average molecular weight is 427 g/mol. The van der Waals surface area contributed by atoms with E-state index in [4.69, 9.17) is 5.73 Å². The molecule has 0 bridgehead atoms. The number of carbonyl (C=O) groups is 1. The molecule has 31 heavy (non-hydrogen) atoms.